The van der Waals surface area contributed by atoms with Crippen LogP contribution in [0.15, 0.2) is 0 Å². The zero-order valence-corrected chi connectivity index (χ0v) is 13.9. The molecule has 1 atom stereocenters. The smallest absolute Gasteiger partial charge is 0.323 e. The highest BCUT2D eigenvalue weighted by Crippen LogP contribution is 2.27. The molecule has 0 radical (unpaired) electrons. The van der Waals surface area contributed by atoms with Crippen LogP contribution in [0, 0.1) is 0 Å². The van der Waals surface area contributed by atoms with Crippen molar-refractivity contribution in [1.82, 2.24) is 5.32 Å². The molecule has 0 aromatic rings. The van der Waals surface area contributed by atoms with Gasteiger partial charge in [-0.3, -0.25) is 10.1 Å². The summed E-state index contributed by atoms with van der Waals surface area (Å²) in [6, 6.07) is 0.393. The summed E-state index contributed by atoms with van der Waals surface area (Å²) in [5.41, 5.74) is -0.946. The zero-order valence-electron chi connectivity index (χ0n) is 13.9. The number of ether oxygens (including phenoxy) is 2. The Labute approximate surface area is 128 Å². The maximum absolute atomic E-state index is 11.6. The molecule has 5 heteroatoms. The highest BCUT2D eigenvalue weighted by Gasteiger charge is 2.40. The first-order valence-electron chi connectivity index (χ1n) is 7.99. The van der Waals surface area contributed by atoms with Gasteiger partial charge in [0.25, 0.3) is 0 Å². The van der Waals surface area contributed by atoms with E-state index < -0.39 is 11.5 Å². The van der Waals surface area contributed by atoms with Crippen molar-refractivity contribution in [3.8, 4) is 0 Å². The van der Waals surface area contributed by atoms with Crippen LogP contribution in [-0.2, 0) is 14.3 Å². The molecule has 0 saturated heterocycles. The molecule has 1 rings (SSSR count). The molecular formula is C16H31NO4. The number of aliphatic carboxylic acids is 1. The Hall–Kier alpha value is -0.650. The van der Waals surface area contributed by atoms with Gasteiger partial charge in [-0.25, -0.2) is 0 Å². The van der Waals surface area contributed by atoms with Crippen LogP contribution in [0.25, 0.3) is 0 Å². The molecule has 1 aliphatic rings. The van der Waals surface area contributed by atoms with Gasteiger partial charge in [0.2, 0.25) is 0 Å². The Bertz CT molecular complexity index is 328. The van der Waals surface area contributed by atoms with Gasteiger partial charge in [0.15, 0.2) is 0 Å². The lowest BCUT2D eigenvalue weighted by Gasteiger charge is -2.30. The number of carboxylic acids is 1. The minimum Gasteiger partial charge on any atom is -0.480 e. The van der Waals surface area contributed by atoms with Gasteiger partial charge in [-0.1, -0.05) is 6.92 Å². The minimum atomic E-state index is -0.781. The van der Waals surface area contributed by atoms with E-state index in [1.807, 2.05) is 20.8 Å². The predicted molar refractivity (Wildman–Crippen MR) is 82.6 cm³/mol. The van der Waals surface area contributed by atoms with E-state index in [2.05, 4.69) is 5.32 Å². The van der Waals surface area contributed by atoms with Gasteiger partial charge in [-0.05, 0) is 52.4 Å². The highest BCUT2D eigenvalue weighted by atomic mass is 16.5. The molecule has 124 valence electrons. The minimum absolute atomic E-state index is 0.165. The van der Waals surface area contributed by atoms with E-state index in [4.69, 9.17) is 9.47 Å². The van der Waals surface area contributed by atoms with Crippen molar-refractivity contribution in [3.63, 3.8) is 0 Å². The fourth-order valence-electron chi connectivity index (χ4n) is 2.29. The molecule has 1 aliphatic carbocycles. The largest absolute Gasteiger partial charge is 0.480 e. The third-order valence-electron chi connectivity index (χ3n) is 4.36. The molecule has 0 heterocycles. The second kappa shape index (κ2) is 8.11. The van der Waals surface area contributed by atoms with Crippen LogP contribution in [0.2, 0.25) is 0 Å². The fraction of sp³-hybridized carbons (Fsp3) is 0.938. The first-order chi connectivity index (χ1) is 9.85. The van der Waals surface area contributed by atoms with Crippen LogP contribution in [0.3, 0.4) is 0 Å². The molecule has 1 unspecified atom stereocenters. The summed E-state index contributed by atoms with van der Waals surface area (Å²) in [5.74, 6) is -0.739. The summed E-state index contributed by atoms with van der Waals surface area (Å²) in [7, 11) is 1.70. The fourth-order valence-corrected chi connectivity index (χ4v) is 2.29. The van der Waals surface area contributed by atoms with Gasteiger partial charge >= 0.3 is 5.97 Å². The Kier molecular flexibility index (Phi) is 7.10. The Balaban J connectivity index is 2.25. The van der Waals surface area contributed by atoms with Crippen molar-refractivity contribution in [2.24, 2.45) is 0 Å². The molecule has 0 aromatic carbocycles. The van der Waals surface area contributed by atoms with Crippen molar-refractivity contribution in [2.45, 2.75) is 76.5 Å². The third-order valence-corrected chi connectivity index (χ3v) is 4.36. The monoisotopic (exact) mass is 301 g/mol. The molecule has 0 aromatic heterocycles. The van der Waals surface area contributed by atoms with Crippen LogP contribution in [-0.4, -0.2) is 48.6 Å². The van der Waals surface area contributed by atoms with Crippen molar-refractivity contribution < 1.29 is 19.4 Å². The van der Waals surface area contributed by atoms with Crippen molar-refractivity contribution >= 4 is 5.97 Å². The van der Waals surface area contributed by atoms with E-state index in [0.29, 0.717) is 32.1 Å². The second-order valence-corrected chi connectivity index (χ2v) is 6.59. The summed E-state index contributed by atoms with van der Waals surface area (Å²) < 4.78 is 10.9. The van der Waals surface area contributed by atoms with Gasteiger partial charge in [-0.15, -0.1) is 0 Å². The molecule has 21 heavy (non-hydrogen) atoms. The molecule has 5 nitrogen and oxygen atoms in total. The molecular weight excluding hydrogens is 270 g/mol. The van der Waals surface area contributed by atoms with Crippen LogP contribution in [0.1, 0.15) is 59.3 Å². The molecule has 1 saturated carbocycles. The summed E-state index contributed by atoms with van der Waals surface area (Å²) in [6.45, 7) is 7.24. The Morgan fingerprint density at radius 3 is 2.43 bits per heavy atom. The van der Waals surface area contributed by atoms with Gasteiger partial charge in [0.05, 0.1) is 5.60 Å². The lowest BCUT2D eigenvalue weighted by atomic mass is 9.90. The standard InChI is InChI=1S/C16H31NO4/c1-5-16(14(18)19,17-13-7-8-13)9-6-11-21-12-10-15(2,3)20-4/h13,17H,5-12H2,1-4H3,(H,18,19). The third kappa shape index (κ3) is 6.32. The van der Waals surface area contributed by atoms with Crippen molar-refractivity contribution in [3.05, 3.63) is 0 Å². The molecule has 2 N–H and O–H groups in total. The SMILES string of the molecule is CCC(CCCOCCC(C)(C)OC)(NC1CC1)C(=O)O. The molecule has 0 amide bonds. The number of nitrogens with one attached hydrogen (secondary N) is 1. The van der Waals surface area contributed by atoms with Crippen LogP contribution < -0.4 is 5.32 Å². The Morgan fingerprint density at radius 2 is 1.95 bits per heavy atom. The number of hydrogen-bond acceptors (Lipinski definition) is 4. The number of carboxylic acid groups (broad SMARTS) is 1. The summed E-state index contributed by atoms with van der Waals surface area (Å²) in [5, 5.41) is 12.8. The lowest BCUT2D eigenvalue weighted by molar-refractivity contribution is -0.145. The normalized spacial score (nSPS) is 18.5. The second-order valence-electron chi connectivity index (χ2n) is 6.59. The van der Waals surface area contributed by atoms with E-state index in [1.54, 1.807) is 7.11 Å². The number of carbonyl (C=O) groups is 1. The topological polar surface area (TPSA) is 67.8 Å². The van der Waals surface area contributed by atoms with Crippen molar-refractivity contribution in [2.75, 3.05) is 20.3 Å². The van der Waals surface area contributed by atoms with E-state index in [9.17, 15) is 9.90 Å². The van der Waals surface area contributed by atoms with E-state index in [-0.39, 0.29) is 5.60 Å². The summed E-state index contributed by atoms with van der Waals surface area (Å²) in [4.78, 5) is 11.6. The first kappa shape index (κ1) is 18.4. The van der Waals surface area contributed by atoms with E-state index in [0.717, 1.165) is 25.7 Å². The first-order valence-corrected chi connectivity index (χ1v) is 7.99. The predicted octanol–water partition coefficient (Wildman–Crippen LogP) is 2.58. The number of rotatable bonds is 12. The van der Waals surface area contributed by atoms with Crippen LogP contribution >= 0.6 is 0 Å². The van der Waals surface area contributed by atoms with E-state index in [1.165, 1.54) is 0 Å². The average Bonchev–Trinajstić information content (AvgIpc) is 3.24. The van der Waals surface area contributed by atoms with Crippen LogP contribution in [0.5, 0.6) is 0 Å². The average molecular weight is 301 g/mol. The summed E-state index contributed by atoms with van der Waals surface area (Å²) >= 11 is 0. The lowest BCUT2D eigenvalue weighted by Crippen LogP contribution is -2.52. The quantitative estimate of drug-likeness (QED) is 0.542. The summed E-state index contributed by atoms with van der Waals surface area (Å²) in [6.07, 6.45) is 5.00. The Morgan fingerprint density at radius 1 is 1.29 bits per heavy atom. The van der Waals surface area contributed by atoms with Crippen LogP contribution in [0.4, 0.5) is 0 Å². The highest BCUT2D eigenvalue weighted by molar-refractivity contribution is 5.78. The number of methoxy groups -OCH3 is 1. The van der Waals surface area contributed by atoms with Gasteiger partial charge in [0.1, 0.15) is 5.54 Å². The molecule has 0 aliphatic heterocycles. The maximum atomic E-state index is 11.6. The number of hydrogen-bond donors (Lipinski definition) is 2. The molecule has 0 spiro atoms. The zero-order chi connectivity index (χ0) is 15.9. The van der Waals surface area contributed by atoms with E-state index >= 15 is 0 Å². The maximum Gasteiger partial charge on any atom is 0.323 e. The molecule has 0 bridgehead atoms. The molecule has 1 fully saturated rings. The van der Waals surface area contributed by atoms with Crippen molar-refractivity contribution in [1.29, 1.82) is 0 Å². The van der Waals surface area contributed by atoms with Gasteiger partial charge < -0.3 is 14.6 Å². The van der Waals surface area contributed by atoms with Gasteiger partial charge in [0, 0.05) is 26.4 Å². The van der Waals surface area contributed by atoms with Gasteiger partial charge in [-0.2, -0.15) is 0 Å².